The van der Waals surface area contributed by atoms with Gasteiger partial charge in [-0.1, -0.05) is 35.5 Å². The molecule has 8 heteroatoms. The molecule has 4 rings (SSSR count). The maximum atomic E-state index is 12.5. The molecule has 0 amide bonds. The molecule has 0 fully saturated rings. The predicted molar refractivity (Wildman–Crippen MR) is 90.7 cm³/mol. The van der Waals surface area contributed by atoms with E-state index in [1.54, 1.807) is 18.2 Å². The van der Waals surface area contributed by atoms with Gasteiger partial charge in [0.15, 0.2) is 0 Å². The minimum absolute atomic E-state index is 0.0344. The Labute approximate surface area is 140 Å². The highest BCUT2D eigenvalue weighted by molar-refractivity contribution is 8.14. The molecule has 6 nitrogen and oxygen atoms in total. The monoisotopic (exact) mass is 346 g/mol. The summed E-state index contributed by atoms with van der Waals surface area (Å²) in [6.07, 6.45) is 0. The topological polar surface area (TPSA) is 101 Å². The molecule has 2 aliphatic rings. The van der Waals surface area contributed by atoms with Crippen molar-refractivity contribution in [1.29, 1.82) is 0 Å². The van der Waals surface area contributed by atoms with E-state index in [-0.39, 0.29) is 16.6 Å². The molecular weight excluding hydrogens is 336 g/mol. The van der Waals surface area contributed by atoms with E-state index in [0.29, 0.717) is 27.7 Å². The molecular formula is C15H11ClN4O2S. The molecule has 4 N–H and O–H groups in total. The van der Waals surface area contributed by atoms with Crippen LogP contribution in [0.1, 0.15) is 17.0 Å². The number of anilines is 2. The fourth-order valence-corrected chi connectivity index (χ4v) is 4.08. The van der Waals surface area contributed by atoms with Gasteiger partial charge in [-0.15, -0.1) is 0 Å². The van der Waals surface area contributed by atoms with Crippen LogP contribution in [0.15, 0.2) is 40.3 Å². The Hall–Kier alpha value is -2.25. The van der Waals surface area contributed by atoms with Crippen LogP contribution in [-0.2, 0) is 4.79 Å². The highest BCUT2D eigenvalue weighted by Crippen LogP contribution is 2.45. The van der Waals surface area contributed by atoms with Crippen molar-refractivity contribution in [3.63, 3.8) is 0 Å². The van der Waals surface area contributed by atoms with Crippen molar-refractivity contribution in [3.8, 4) is 0 Å². The number of H-pyrrole nitrogens is 1. The number of carbonyl (C=O) groups excluding carboxylic acids is 1. The van der Waals surface area contributed by atoms with Crippen LogP contribution < -0.4 is 16.6 Å². The van der Waals surface area contributed by atoms with Crippen LogP contribution in [0.4, 0.5) is 11.8 Å². The number of halogens is 1. The zero-order valence-electron chi connectivity index (χ0n) is 11.7. The maximum Gasteiger partial charge on any atom is 0.258 e. The first-order valence-electron chi connectivity index (χ1n) is 6.87. The SMILES string of the molecule is Nc1nc2c(c(=O)[nH]1)C(c1cccc(Cl)c1)C1=C(CSC1=O)N2. The molecule has 2 aromatic rings. The second kappa shape index (κ2) is 5.14. The number of rotatable bonds is 1. The molecule has 0 aliphatic carbocycles. The van der Waals surface area contributed by atoms with E-state index >= 15 is 0 Å². The van der Waals surface area contributed by atoms with Crippen LogP contribution >= 0.6 is 23.4 Å². The number of nitrogens with one attached hydrogen (secondary N) is 2. The molecule has 3 heterocycles. The molecule has 0 saturated heterocycles. The quantitative estimate of drug-likeness (QED) is 0.731. The third-order valence-electron chi connectivity index (χ3n) is 3.89. The molecule has 1 atom stereocenters. The lowest BCUT2D eigenvalue weighted by Gasteiger charge is -2.26. The molecule has 116 valence electrons. The first-order chi connectivity index (χ1) is 11.0. The van der Waals surface area contributed by atoms with Gasteiger partial charge in [-0.3, -0.25) is 14.6 Å². The van der Waals surface area contributed by atoms with Gasteiger partial charge in [0.2, 0.25) is 11.1 Å². The first-order valence-corrected chi connectivity index (χ1v) is 8.23. The van der Waals surface area contributed by atoms with E-state index in [4.69, 9.17) is 17.3 Å². The van der Waals surface area contributed by atoms with Crippen LogP contribution in [0, 0.1) is 0 Å². The smallest absolute Gasteiger partial charge is 0.258 e. The van der Waals surface area contributed by atoms with Gasteiger partial charge in [0.05, 0.1) is 5.56 Å². The summed E-state index contributed by atoms with van der Waals surface area (Å²) in [6, 6.07) is 7.16. The summed E-state index contributed by atoms with van der Waals surface area (Å²) in [6.45, 7) is 0. The number of thioether (sulfide) groups is 1. The van der Waals surface area contributed by atoms with E-state index in [1.165, 1.54) is 11.8 Å². The number of nitrogen functional groups attached to an aromatic ring is 1. The van der Waals surface area contributed by atoms with Crippen molar-refractivity contribution in [1.82, 2.24) is 9.97 Å². The Kier molecular flexibility index (Phi) is 3.21. The van der Waals surface area contributed by atoms with Crippen LogP contribution in [-0.4, -0.2) is 20.8 Å². The zero-order valence-corrected chi connectivity index (χ0v) is 13.3. The number of nitrogens with two attached hydrogens (primary N) is 1. The highest BCUT2D eigenvalue weighted by Gasteiger charge is 2.39. The minimum atomic E-state index is -0.501. The minimum Gasteiger partial charge on any atom is -0.369 e. The van der Waals surface area contributed by atoms with Crippen molar-refractivity contribution < 1.29 is 4.79 Å². The normalized spacial score (nSPS) is 19.3. The lowest BCUT2D eigenvalue weighted by atomic mass is 9.83. The van der Waals surface area contributed by atoms with Crippen molar-refractivity contribution in [2.75, 3.05) is 16.8 Å². The summed E-state index contributed by atoms with van der Waals surface area (Å²) in [5, 5.41) is 3.58. The molecule has 1 unspecified atom stereocenters. The van der Waals surface area contributed by atoms with Crippen molar-refractivity contribution in [2.45, 2.75) is 5.92 Å². The number of carbonyl (C=O) groups is 1. The van der Waals surface area contributed by atoms with E-state index in [9.17, 15) is 9.59 Å². The molecule has 0 saturated carbocycles. The van der Waals surface area contributed by atoms with E-state index < -0.39 is 5.92 Å². The summed E-state index contributed by atoms with van der Waals surface area (Å²) in [7, 11) is 0. The fraction of sp³-hybridized carbons (Fsp3) is 0.133. The predicted octanol–water partition coefficient (Wildman–Crippen LogP) is 2.09. The largest absolute Gasteiger partial charge is 0.369 e. The Balaban J connectivity index is 2.01. The van der Waals surface area contributed by atoms with Gasteiger partial charge < -0.3 is 11.1 Å². The summed E-state index contributed by atoms with van der Waals surface area (Å²) in [5.74, 6) is 0.454. The number of nitrogens with zero attached hydrogens (tertiary/aromatic N) is 1. The van der Waals surface area contributed by atoms with Crippen molar-refractivity contribution in [2.24, 2.45) is 0 Å². The number of hydrogen-bond acceptors (Lipinski definition) is 6. The molecule has 0 bridgehead atoms. The third-order valence-corrected chi connectivity index (χ3v) is 5.05. The Morgan fingerprint density at radius 2 is 2.17 bits per heavy atom. The van der Waals surface area contributed by atoms with Crippen LogP contribution in [0.25, 0.3) is 0 Å². The fourth-order valence-electron chi connectivity index (χ4n) is 2.98. The molecule has 0 spiro atoms. The average Bonchev–Trinajstić information content (AvgIpc) is 2.86. The lowest BCUT2D eigenvalue weighted by molar-refractivity contribution is -0.107. The molecule has 2 aliphatic heterocycles. The van der Waals surface area contributed by atoms with Gasteiger partial charge in [-0.25, -0.2) is 0 Å². The summed E-state index contributed by atoms with van der Waals surface area (Å²) in [4.78, 5) is 31.5. The van der Waals surface area contributed by atoms with Gasteiger partial charge in [0, 0.05) is 28.0 Å². The van der Waals surface area contributed by atoms with E-state index in [2.05, 4.69) is 15.3 Å². The van der Waals surface area contributed by atoms with Crippen LogP contribution in [0.5, 0.6) is 0 Å². The number of benzene rings is 1. The van der Waals surface area contributed by atoms with Crippen LogP contribution in [0.3, 0.4) is 0 Å². The van der Waals surface area contributed by atoms with Gasteiger partial charge in [0.25, 0.3) is 5.56 Å². The Morgan fingerprint density at radius 3 is 2.96 bits per heavy atom. The van der Waals surface area contributed by atoms with E-state index in [0.717, 1.165) is 11.3 Å². The van der Waals surface area contributed by atoms with Crippen LogP contribution in [0.2, 0.25) is 5.02 Å². The number of hydrogen-bond donors (Lipinski definition) is 3. The standard InChI is InChI=1S/C15H11ClN4O2S/c16-7-3-1-2-6(4-7)9-10-8(5-23-14(10)22)18-12-11(9)13(21)20-15(17)19-12/h1-4,9H,5H2,(H4,17,18,19,20,21). The molecule has 0 radical (unpaired) electrons. The Morgan fingerprint density at radius 1 is 1.35 bits per heavy atom. The van der Waals surface area contributed by atoms with E-state index in [1.807, 2.05) is 6.07 Å². The van der Waals surface area contributed by atoms with Gasteiger partial charge in [-0.05, 0) is 17.7 Å². The van der Waals surface area contributed by atoms with Crippen molar-refractivity contribution in [3.05, 3.63) is 62.0 Å². The number of fused-ring (bicyclic) bond motifs is 1. The molecule has 1 aromatic heterocycles. The van der Waals surface area contributed by atoms with Crippen molar-refractivity contribution >= 4 is 40.2 Å². The zero-order chi connectivity index (χ0) is 16.1. The molecule has 23 heavy (non-hydrogen) atoms. The summed E-state index contributed by atoms with van der Waals surface area (Å²) >= 11 is 7.30. The maximum absolute atomic E-state index is 12.5. The lowest BCUT2D eigenvalue weighted by Crippen LogP contribution is -2.29. The van der Waals surface area contributed by atoms with Gasteiger partial charge in [-0.2, -0.15) is 4.98 Å². The first kappa shape index (κ1) is 14.3. The second-order valence-corrected chi connectivity index (χ2v) is 6.68. The van der Waals surface area contributed by atoms with Gasteiger partial charge >= 0.3 is 0 Å². The average molecular weight is 347 g/mol. The van der Waals surface area contributed by atoms with Gasteiger partial charge in [0.1, 0.15) is 5.82 Å². The number of aromatic nitrogens is 2. The third kappa shape index (κ3) is 2.24. The second-order valence-electron chi connectivity index (χ2n) is 5.29. The Bertz CT molecular complexity index is 937. The summed E-state index contributed by atoms with van der Waals surface area (Å²) in [5.41, 5.74) is 7.80. The number of aromatic amines is 1. The molecule has 1 aromatic carbocycles. The highest BCUT2D eigenvalue weighted by atomic mass is 35.5. The summed E-state index contributed by atoms with van der Waals surface area (Å²) < 4.78 is 0.